The fourth-order valence-corrected chi connectivity index (χ4v) is 9.51. The summed E-state index contributed by atoms with van der Waals surface area (Å²) in [5, 5.41) is 38.1. The van der Waals surface area contributed by atoms with Gasteiger partial charge in [0.05, 0.1) is 0 Å². The summed E-state index contributed by atoms with van der Waals surface area (Å²) in [6, 6.07) is 0. The summed E-state index contributed by atoms with van der Waals surface area (Å²) in [6.45, 7) is 7.46. The van der Waals surface area contributed by atoms with E-state index >= 15 is 0 Å². The number of hydrogen-bond donors (Lipinski definition) is 4. The quantitative estimate of drug-likeness (QED) is 0.411. The summed E-state index contributed by atoms with van der Waals surface area (Å²) in [5.41, 5.74) is -1.52. The topological polar surface area (TPSA) is 98.0 Å². The van der Waals surface area contributed by atoms with Crippen molar-refractivity contribution in [3.63, 3.8) is 0 Å². The predicted octanol–water partition coefficient (Wildman–Crippen LogP) is 4.97. The van der Waals surface area contributed by atoms with Crippen molar-refractivity contribution in [3.05, 3.63) is 0 Å². The molecule has 5 heteroatoms. The van der Waals surface area contributed by atoms with Gasteiger partial charge < -0.3 is 20.4 Å². The van der Waals surface area contributed by atoms with Crippen LogP contribution in [-0.4, -0.2) is 38.3 Å². The summed E-state index contributed by atoms with van der Waals surface area (Å²) in [4.78, 5) is 11.3. The maximum absolute atomic E-state index is 11.3. The maximum Gasteiger partial charge on any atom is 0.341 e. The molecule has 0 amide bonds. The Labute approximate surface area is 194 Å². The Morgan fingerprint density at radius 3 is 2.38 bits per heavy atom. The van der Waals surface area contributed by atoms with Crippen LogP contribution in [0.1, 0.15) is 104 Å². The van der Waals surface area contributed by atoms with Gasteiger partial charge in [-0.2, -0.15) is 0 Å². The van der Waals surface area contributed by atoms with Crippen LogP contribution < -0.4 is 0 Å². The minimum atomic E-state index is -2.46. The first-order valence-electron chi connectivity index (χ1n) is 13.4. The number of carboxylic acids is 1. The highest BCUT2D eigenvalue weighted by atomic mass is 16.5. The lowest BCUT2D eigenvalue weighted by atomic mass is 9.44. The minimum Gasteiger partial charge on any atom is -0.479 e. The van der Waals surface area contributed by atoms with E-state index in [4.69, 9.17) is 0 Å². The van der Waals surface area contributed by atoms with Gasteiger partial charge in [-0.3, -0.25) is 0 Å². The fraction of sp³-hybridized carbons (Fsp3) is 0.963. The van der Waals surface area contributed by atoms with Crippen LogP contribution in [0.5, 0.6) is 0 Å². The molecule has 0 radical (unpaired) electrons. The Morgan fingerprint density at radius 1 is 0.969 bits per heavy atom. The van der Waals surface area contributed by atoms with E-state index in [9.17, 15) is 25.2 Å². The van der Waals surface area contributed by atoms with Crippen molar-refractivity contribution >= 4 is 5.97 Å². The summed E-state index contributed by atoms with van der Waals surface area (Å²) in [7, 11) is 0. The van der Waals surface area contributed by atoms with Gasteiger partial charge in [-0.1, -0.05) is 40.0 Å². The molecule has 4 rings (SSSR count). The molecule has 0 heterocycles. The van der Waals surface area contributed by atoms with Crippen molar-refractivity contribution < 1.29 is 25.2 Å². The van der Waals surface area contributed by atoms with E-state index < -0.39 is 17.9 Å². The molecule has 0 spiro atoms. The second kappa shape index (κ2) is 8.85. The summed E-state index contributed by atoms with van der Waals surface area (Å²) < 4.78 is 0. The Bertz CT molecular complexity index is 694. The normalized spacial score (nSPS) is 44.3. The van der Waals surface area contributed by atoms with Crippen molar-refractivity contribution in [2.45, 2.75) is 116 Å². The molecule has 4 aliphatic carbocycles. The molecule has 0 aliphatic heterocycles. The van der Waals surface area contributed by atoms with Crippen molar-refractivity contribution in [3.8, 4) is 0 Å². The zero-order valence-electron chi connectivity index (χ0n) is 20.4. The van der Waals surface area contributed by atoms with Crippen LogP contribution in [0.15, 0.2) is 0 Å². The van der Waals surface area contributed by atoms with Gasteiger partial charge in [0.15, 0.2) is 6.29 Å². The highest BCUT2D eigenvalue weighted by molar-refractivity contribution is 5.77. The fourth-order valence-electron chi connectivity index (χ4n) is 9.51. The molecule has 0 saturated heterocycles. The van der Waals surface area contributed by atoms with Crippen LogP contribution in [0.3, 0.4) is 0 Å². The second-order valence-corrected chi connectivity index (χ2v) is 12.6. The standard InChI is InChI=1S/C27H46O5/c1-17(7-6-15-27(32,23(28)29)24(30)31)20-11-12-21-19-10-9-18-8-4-5-14-25(18,2)22(19)13-16-26(20,21)3/h17-23,28-29,32H,4-16H2,1-3H3,(H,30,31)/t17-,18?,19+,20-,21+,22+,25+,26-,27?/m1/s1. The first kappa shape index (κ1) is 24.5. The lowest BCUT2D eigenvalue weighted by Gasteiger charge is -2.61. The van der Waals surface area contributed by atoms with Gasteiger partial charge in [-0.15, -0.1) is 0 Å². The molecule has 184 valence electrons. The summed E-state index contributed by atoms with van der Waals surface area (Å²) >= 11 is 0. The molecule has 0 aromatic rings. The first-order valence-corrected chi connectivity index (χ1v) is 13.4. The van der Waals surface area contributed by atoms with E-state index in [1.54, 1.807) is 0 Å². The van der Waals surface area contributed by atoms with Gasteiger partial charge in [-0.05, 0) is 111 Å². The molecule has 9 atom stereocenters. The van der Waals surface area contributed by atoms with Gasteiger partial charge >= 0.3 is 5.97 Å². The van der Waals surface area contributed by atoms with Gasteiger partial charge in [-0.25, -0.2) is 4.79 Å². The monoisotopic (exact) mass is 450 g/mol. The van der Waals surface area contributed by atoms with Gasteiger partial charge in [0.2, 0.25) is 5.60 Å². The van der Waals surface area contributed by atoms with E-state index in [0.717, 1.165) is 30.1 Å². The molecule has 2 unspecified atom stereocenters. The van der Waals surface area contributed by atoms with Gasteiger partial charge in [0, 0.05) is 0 Å². The number of carboxylic acid groups (broad SMARTS) is 1. The van der Waals surface area contributed by atoms with Crippen molar-refractivity contribution in [2.75, 3.05) is 0 Å². The Hall–Kier alpha value is -0.650. The molecule has 32 heavy (non-hydrogen) atoms. The van der Waals surface area contributed by atoms with E-state index in [0.29, 0.717) is 29.1 Å². The number of rotatable bonds is 7. The third-order valence-corrected chi connectivity index (χ3v) is 11.4. The first-order chi connectivity index (χ1) is 15.0. The van der Waals surface area contributed by atoms with E-state index in [1.165, 1.54) is 64.2 Å². The predicted molar refractivity (Wildman–Crippen MR) is 124 cm³/mol. The molecule has 0 aromatic heterocycles. The number of carbonyl (C=O) groups is 1. The number of aliphatic hydroxyl groups excluding tert-OH is 1. The molecule has 4 N–H and O–H groups in total. The van der Waals surface area contributed by atoms with Crippen molar-refractivity contribution in [1.29, 1.82) is 0 Å². The zero-order chi connectivity index (χ0) is 23.3. The number of aliphatic carboxylic acids is 1. The summed E-state index contributed by atoms with van der Waals surface area (Å²) in [5.74, 6) is 3.10. The molecule has 0 bridgehead atoms. The molecule has 5 nitrogen and oxygen atoms in total. The second-order valence-electron chi connectivity index (χ2n) is 12.6. The highest BCUT2D eigenvalue weighted by Crippen LogP contribution is 2.68. The number of aliphatic hydroxyl groups is 3. The Kier molecular flexibility index (Phi) is 6.77. The van der Waals surface area contributed by atoms with E-state index in [1.807, 2.05) is 0 Å². The molecule has 4 saturated carbocycles. The number of fused-ring (bicyclic) bond motifs is 5. The van der Waals surface area contributed by atoms with E-state index in [-0.39, 0.29) is 6.42 Å². The average Bonchev–Trinajstić information content (AvgIpc) is 3.10. The van der Waals surface area contributed by atoms with Crippen molar-refractivity contribution in [2.24, 2.45) is 46.3 Å². The molecule has 0 aromatic carbocycles. The van der Waals surface area contributed by atoms with Crippen LogP contribution >= 0.6 is 0 Å². The molecular weight excluding hydrogens is 404 g/mol. The lowest BCUT2D eigenvalue weighted by Crippen LogP contribution is -2.53. The van der Waals surface area contributed by atoms with Crippen LogP contribution in [-0.2, 0) is 4.79 Å². The van der Waals surface area contributed by atoms with Crippen LogP contribution in [0.4, 0.5) is 0 Å². The van der Waals surface area contributed by atoms with Gasteiger partial charge in [0.1, 0.15) is 0 Å². The third-order valence-electron chi connectivity index (χ3n) is 11.4. The SMILES string of the molecule is C[C@H](CCCC(O)(C(=O)O)C(O)O)[C@H]1CC[C@H]2[C@@H]3CCC4CCCC[C@]4(C)[C@H]3CC[C@]12C. The lowest BCUT2D eigenvalue weighted by molar-refractivity contribution is -0.209. The van der Waals surface area contributed by atoms with Gasteiger partial charge in [0.25, 0.3) is 0 Å². The van der Waals surface area contributed by atoms with Crippen molar-refractivity contribution in [1.82, 2.24) is 0 Å². The van der Waals surface area contributed by atoms with Crippen LogP contribution in [0.25, 0.3) is 0 Å². The molecular formula is C27H46O5. The Balaban J connectivity index is 1.41. The highest BCUT2D eigenvalue weighted by Gasteiger charge is 2.60. The number of hydrogen-bond acceptors (Lipinski definition) is 4. The van der Waals surface area contributed by atoms with E-state index in [2.05, 4.69) is 20.8 Å². The summed E-state index contributed by atoms with van der Waals surface area (Å²) in [6.07, 6.45) is 12.8. The average molecular weight is 451 g/mol. The minimum absolute atomic E-state index is 0.123. The van der Waals surface area contributed by atoms with Crippen LogP contribution in [0.2, 0.25) is 0 Å². The molecule has 4 aliphatic rings. The smallest absolute Gasteiger partial charge is 0.341 e. The largest absolute Gasteiger partial charge is 0.479 e. The molecule has 4 fully saturated rings. The zero-order valence-corrected chi connectivity index (χ0v) is 20.4. The van der Waals surface area contributed by atoms with Crippen LogP contribution in [0, 0.1) is 46.3 Å². The third kappa shape index (κ3) is 3.84. The maximum atomic E-state index is 11.3. The Morgan fingerprint density at radius 2 is 1.69 bits per heavy atom.